The zero-order valence-electron chi connectivity index (χ0n) is 6.00. The fourth-order valence-electron chi connectivity index (χ4n) is 0.803. The highest BCUT2D eigenvalue weighted by Crippen LogP contribution is 2.01. The van der Waals surface area contributed by atoms with Crippen LogP contribution in [-0.2, 0) is 6.54 Å². The van der Waals surface area contributed by atoms with Crippen molar-refractivity contribution in [2.75, 3.05) is 5.88 Å². The van der Waals surface area contributed by atoms with Crippen LogP contribution in [0.1, 0.15) is 6.92 Å². The van der Waals surface area contributed by atoms with Gasteiger partial charge in [-0.1, -0.05) is 6.92 Å². The molecule has 0 N–H and O–H groups in total. The maximum absolute atomic E-state index is 5.64. The van der Waals surface area contributed by atoms with E-state index in [2.05, 4.69) is 11.9 Å². The Labute approximate surface area is 65.8 Å². The molecule has 56 valence electrons. The first kappa shape index (κ1) is 7.61. The molecule has 3 heteroatoms. The van der Waals surface area contributed by atoms with Crippen molar-refractivity contribution in [3.63, 3.8) is 0 Å². The minimum absolute atomic E-state index is 0.524. The van der Waals surface area contributed by atoms with E-state index >= 15 is 0 Å². The molecule has 1 aromatic rings. The predicted octanol–water partition coefficient (Wildman–Crippen LogP) is 1.76. The van der Waals surface area contributed by atoms with Crippen LogP contribution in [0, 0.1) is 5.92 Å². The Morgan fingerprint density at radius 1 is 1.70 bits per heavy atom. The van der Waals surface area contributed by atoms with Crippen molar-refractivity contribution in [3.05, 3.63) is 18.7 Å². The van der Waals surface area contributed by atoms with Gasteiger partial charge in [-0.2, -0.15) is 0 Å². The lowest BCUT2D eigenvalue weighted by molar-refractivity contribution is 0.528. The van der Waals surface area contributed by atoms with E-state index in [1.807, 2.05) is 17.1 Å². The molecule has 0 radical (unpaired) electrons. The van der Waals surface area contributed by atoms with E-state index in [1.54, 1.807) is 6.20 Å². The van der Waals surface area contributed by atoms with E-state index in [-0.39, 0.29) is 0 Å². The number of hydrogen-bond acceptors (Lipinski definition) is 1. The minimum atomic E-state index is 0.524. The Morgan fingerprint density at radius 2 is 2.50 bits per heavy atom. The van der Waals surface area contributed by atoms with Crippen molar-refractivity contribution in [2.24, 2.45) is 5.92 Å². The Morgan fingerprint density at radius 3 is 3.00 bits per heavy atom. The van der Waals surface area contributed by atoms with Gasteiger partial charge in [-0.3, -0.25) is 0 Å². The van der Waals surface area contributed by atoms with Crippen LogP contribution in [0.3, 0.4) is 0 Å². The zero-order valence-corrected chi connectivity index (χ0v) is 6.75. The molecule has 10 heavy (non-hydrogen) atoms. The van der Waals surface area contributed by atoms with Crippen LogP contribution in [-0.4, -0.2) is 15.4 Å². The summed E-state index contributed by atoms with van der Waals surface area (Å²) in [5.74, 6) is 1.23. The van der Waals surface area contributed by atoms with Crippen LogP contribution < -0.4 is 0 Å². The first-order valence-electron chi connectivity index (χ1n) is 3.34. The molecule has 0 aliphatic rings. The number of nitrogens with zero attached hydrogens (tertiary/aromatic N) is 2. The lowest BCUT2D eigenvalue weighted by atomic mass is 10.2. The molecule has 1 rings (SSSR count). The van der Waals surface area contributed by atoms with Gasteiger partial charge in [0, 0.05) is 24.8 Å². The van der Waals surface area contributed by atoms with Crippen LogP contribution in [0.2, 0.25) is 0 Å². The monoisotopic (exact) mass is 158 g/mol. The van der Waals surface area contributed by atoms with Gasteiger partial charge >= 0.3 is 0 Å². The second-order valence-corrected chi connectivity index (χ2v) is 2.83. The third kappa shape index (κ3) is 2.03. The largest absolute Gasteiger partial charge is 0.337 e. The van der Waals surface area contributed by atoms with Crippen molar-refractivity contribution in [3.8, 4) is 0 Å². The lowest BCUT2D eigenvalue weighted by Gasteiger charge is -2.06. The van der Waals surface area contributed by atoms with Crippen LogP contribution in [0.15, 0.2) is 18.7 Å². The SMILES string of the molecule is CC(CCl)Cn1ccnc1. The molecule has 0 aliphatic heterocycles. The molecule has 0 saturated carbocycles. The maximum Gasteiger partial charge on any atom is 0.0946 e. The molecule has 0 saturated heterocycles. The third-order valence-electron chi connectivity index (χ3n) is 1.35. The summed E-state index contributed by atoms with van der Waals surface area (Å²) in [4.78, 5) is 3.93. The fraction of sp³-hybridized carbons (Fsp3) is 0.571. The number of alkyl halides is 1. The molecule has 0 spiro atoms. The summed E-state index contributed by atoms with van der Waals surface area (Å²) in [7, 11) is 0. The molecule has 1 unspecified atom stereocenters. The molecular weight excluding hydrogens is 148 g/mol. The Bertz CT molecular complexity index is 172. The predicted molar refractivity (Wildman–Crippen MR) is 42.1 cm³/mol. The van der Waals surface area contributed by atoms with E-state index in [1.165, 1.54) is 0 Å². The lowest BCUT2D eigenvalue weighted by Crippen LogP contribution is -2.06. The second-order valence-electron chi connectivity index (χ2n) is 2.52. The van der Waals surface area contributed by atoms with Gasteiger partial charge in [0.1, 0.15) is 0 Å². The van der Waals surface area contributed by atoms with Crippen molar-refractivity contribution in [1.82, 2.24) is 9.55 Å². The molecule has 1 aromatic heterocycles. The van der Waals surface area contributed by atoms with E-state index in [0.29, 0.717) is 11.8 Å². The molecule has 1 atom stereocenters. The molecule has 0 fully saturated rings. The van der Waals surface area contributed by atoms with Gasteiger partial charge in [-0.15, -0.1) is 11.6 Å². The van der Waals surface area contributed by atoms with Gasteiger partial charge in [0.05, 0.1) is 6.33 Å². The molecule has 0 bridgehead atoms. The van der Waals surface area contributed by atoms with Gasteiger partial charge in [0.25, 0.3) is 0 Å². The molecule has 0 aliphatic carbocycles. The van der Waals surface area contributed by atoms with Crippen LogP contribution in [0.25, 0.3) is 0 Å². The van der Waals surface area contributed by atoms with Gasteiger partial charge < -0.3 is 4.57 Å². The molecular formula is C7H11ClN2. The Kier molecular flexibility index (Phi) is 2.75. The number of imidazole rings is 1. The highest BCUT2D eigenvalue weighted by Gasteiger charge is 1.98. The number of aromatic nitrogens is 2. The quantitative estimate of drug-likeness (QED) is 0.613. The topological polar surface area (TPSA) is 17.8 Å². The first-order valence-corrected chi connectivity index (χ1v) is 3.88. The van der Waals surface area contributed by atoms with Gasteiger partial charge in [-0.25, -0.2) is 4.98 Å². The minimum Gasteiger partial charge on any atom is -0.337 e. The zero-order chi connectivity index (χ0) is 7.40. The Balaban J connectivity index is 2.40. The molecule has 0 aromatic carbocycles. The summed E-state index contributed by atoms with van der Waals surface area (Å²) < 4.78 is 2.03. The summed E-state index contributed by atoms with van der Waals surface area (Å²) in [5, 5.41) is 0. The van der Waals surface area contributed by atoms with Crippen molar-refractivity contribution in [2.45, 2.75) is 13.5 Å². The molecule has 1 heterocycles. The molecule has 2 nitrogen and oxygen atoms in total. The summed E-state index contributed by atoms with van der Waals surface area (Å²) in [6.45, 7) is 3.08. The van der Waals surface area contributed by atoms with Gasteiger partial charge in [0.15, 0.2) is 0 Å². The van der Waals surface area contributed by atoms with E-state index < -0.39 is 0 Å². The standard InChI is InChI=1S/C7H11ClN2/c1-7(4-8)5-10-3-2-9-6-10/h2-3,6-7H,4-5H2,1H3. The number of halogens is 1. The number of hydrogen-bond donors (Lipinski definition) is 0. The average molecular weight is 159 g/mol. The summed E-state index contributed by atoms with van der Waals surface area (Å²) in [5.41, 5.74) is 0. The summed E-state index contributed by atoms with van der Waals surface area (Å²) in [6, 6.07) is 0. The Hall–Kier alpha value is -0.500. The van der Waals surface area contributed by atoms with E-state index in [9.17, 15) is 0 Å². The average Bonchev–Trinajstić information content (AvgIpc) is 2.40. The van der Waals surface area contributed by atoms with Gasteiger partial charge in [0.2, 0.25) is 0 Å². The maximum atomic E-state index is 5.64. The smallest absolute Gasteiger partial charge is 0.0946 e. The van der Waals surface area contributed by atoms with Crippen molar-refractivity contribution in [1.29, 1.82) is 0 Å². The van der Waals surface area contributed by atoms with Gasteiger partial charge in [-0.05, 0) is 5.92 Å². The number of rotatable bonds is 3. The summed E-state index contributed by atoms with van der Waals surface area (Å²) in [6.07, 6.45) is 5.53. The van der Waals surface area contributed by atoms with E-state index in [0.717, 1.165) is 6.54 Å². The van der Waals surface area contributed by atoms with E-state index in [4.69, 9.17) is 11.6 Å². The highest BCUT2D eigenvalue weighted by molar-refractivity contribution is 6.18. The highest BCUT2D eigenvalue weighted by atomic mass is 35.5. The molecule has 0 amide bonds. The normalized spacial score (nSPS) is 13.4. The fourth-order valence-corrected chi connectivity index (χ4v) is 0.901. The van der Waals surface area contributed by atoms with Crippen LogP contribution in [0.4, 0.5) is 0 Å². The second kappa shape index (κ2) is 3.62. The van der Waals surface area contributed by atoms with Crippen molar-refractivity contribution >= 4 is 11.6 Å². The summed E-state index contributed by atoms with van der Waals surface area (Å²) >= 11 is 5.64. The van der Waals surface area contributed by atoms with Crippen molar-refractivity contribution < 1.29 is 0 Å². The third-order valence-corrected chi connectivity index (χ3v) is 1.87. The van der Waals surface area contributed by atoms with Crippen LogP contribution in [0.5, 0.6) is 0 Å². The first-order chi connectivity index (χ1) is 4.83. The van der Waals surface area contributed by atoms with Crippen LogP contribution >= 0.6 is 11.6 Å².